The third-order valence-electron chi connectivity index (χ3n) is 4.20. The first kappa shape index (κ1) is 13.1. The van der Waals surface area contributed by atoms with E-state index in [4.69, 9.17) is 0 Å². The molecule has 1 aromatic heterocycles. The van der Waals surface area contributed by atoms with E-state index in [0.29, 0.717) is 6.54 Å². The van der Waals surface area contributed by atoms with E-state index in [1.807, 2.05) is 42.5 Å². The van der Waals surface area contributed by atoms with Gasteiger partial charge in [-0.3, -0.25) is 4.79 Å². The molecule has 22 heavy (non-hydrogen) atoms. The number of hydrogen-bond acceptors (Lipinski definition) is 2. The van der Waals surface area contributed by atoms with Gasteiger partial charge in [-0.2, -0.15) is 0 Å². The van der Waals surface area contributed by atoms with Crippen LogP contribution in [0.15, 0.2) is 54.6 Å². The van der Waals surface area contributed by atoms with Crippen molar-refractivity contribution >= 4 is 22.5 Å². The maximum absolute atomic E-state index is 12.7. The van der Waals surface area contributed by atoms with Gasteiger partial charge in [-0.05, 0) is 18.2 Å². The Morgan fingerprint density at radius 2 is 1.82 bits per heavy atom. The van der Waals surface area contributed by atoms with Gasteiger partial charge in [-0.1, -0.05) is 36.4 Å². The molecule has 0 fully saturated rings. The van der Waals surface area contributed by atoms with E-state index in [1.54, 1.807) is 4.90 Å². The van der Waals surface area contributed by atoms with Crippen LogP contribution >= 0.6 is 0 Å². The summed E-state index contributed by atoms with van der Waals surface area (Å²) in [6.45, 7) is 0.561. The smallest absolute Gasteiger partial charge is 0.247 e. The van der Waals surface area contributed by atoms with Gasteiger partial charge in [0.05, 0.1) is 18.0 Å². The number of β-amino-alcohol motifs (C(OH)–C–C–N with tert-alkyl or cyclic N) is 1. The number of amides is 1. The van der Waals surface area contributed by atoms with Crippen LogP contribution in [0.4, 0.5) is 5.69 Å². The van der Waals surface area contributed by atoms with Crippen LogP contribution in [-0.2, 0) is 11.3 Å². The summed E-state index contributed by atoms with van der Waals surface area (Å²) in [7, 11) is 0. The number of carbonyl (C=O) groups excluding carboxylic acids is 1. The zero-order valence-corrected chi connectivity index (χ0v) is 12.1. The zero-order chi connectivity index (χ0) is 15.1. The van der Waals surface area contributed by atoms with Crippen LogP contribution in [0.1, 0.15) is 0 Å². The molecule has 110 valence electrons. The van der Waals surface area contributed by atoms with Crippen LogP contribution in [0.5, 0.6) is 0 Å². The minimum absolute atomic E-state index is 0.00148. The van der Waals surface area contributed by atoms with Crippen LogP contribution in [0.2, 0.25) is 0 Å². The number of carbonyl (C=O) groups is 1. The molecule has 4 nitrogen and oxygen atoms in total. The molecule has 0 spiro atoms. The second kappa shape index (κ2) is 5.00. The second-order valence-corrected chi connectivity index (χ2v) is 5.46. The van der Waals surface area contributed by atoms with Gasteiger partial charge >= 0.3 is 0 Å². The number of aromatic nitrogens is 1. The summed E-state index contributed by atoms with van der Waals surface area (Å²) in [5.41, 5.74) is 4.00. The van der Waals surface area contributed by atoms with Crippen molar-refractivity contribution in [1.29, 1.82) is 0 Å². The Balaban J connectivity index is 2.02. The number of aliphatic hydroxyl groups is 1. The maximum atomic E-state index is 12.7. The molecule has 1 N–H and O–H groups in total. The number of fused-ring (bicyclic) bond motifs is 5. The highest BCUT2D eigenvalue weighted by molar-refractivity contribution is 6.02. The van der Waals surface area contributed by atoms with Gasteiger partial charge in [0.15, 0.2) is 0 Å². The fourth-order valence-corrected chi connectivity index (χ4v) is 3.23. The van der Waals surface area contributed by atoms with Gasteiger partial charge in [0.2, 0.25) is 5.91 Å². The molecule has 4 heteroatoms. The lowest BCUT2D eigenvalue weighted by molar-refractivity contribution is -0.119. The lowest BCUT2D eigenvalue weighted by Gasteiger charge is -2.21. The van der Waals surface area contributed by atoms with E-state index in [0.717, 1.165) is 27.8 Å². The number of nitrogens with zero attached hydrogens (tertiary/aromatic N) is 2. The molecule has 2 heterocycles. The zero-order valence-electron chi connectivity index (χ0n) is 12.1. The van der Waals surface area contributed by atoms with Gasteiger partial charge in [0.1, 0.15) is 6.54 Å². The number of rotatable bonds is 2. The summed E-state index contributed by atoms with van der Waals surface area (Å²) >= 11 is 0. The van der Waals surface area contributed by atoms with Gasteiger partial charge in [0, 0.05) is 23.0 Å². The van der Waals surface area contributed by atoms with Gasteiger partial charge in [0.25, 0.3) is 0 Å². The monoisotopic (exact) mass is 292 g/mol. The number of anilines is 1. The summed E-state index contributed by atoms with van der Waals surface area (Å²) in [5.74, 6) is 0.00148. The van der Waals surface area contributed by atoms with E-state index in [-0.39, 0.29) is 19.1 Å². The SMILES string of the molecule is O=C1Cn2c(cc3ccccc32)-c2ccccc2N1CCO. The highest BCUT2D eigenvalue weighted by Crippen LogP contribution is 2.37. The largest absolute Gasteiger partial charge is 0.395 e. The number of hydrogen-bond donors (Lipinski definition) is 1. The van der Waals surface area contributed by atoms with Crippen molar-refractivity contribution in [2.24, 2.45) is 0 Å². The van der Waals surface area contributed by atoms with Crippen molar-refractivity contribution in [1.82, 2.24) is 4.57 Å². The average Bonchev–Trinajstić information content (AvgIpc) is 2.86. The van der Waals surface area contributed by atoms with Crippen molar-refractivity contribution in [3.8, 4) is 11.3 Å². The first-order valence-electron chi connectivity index (χ1n) is 7.38. The molecule has 0 saturated heterocycles. The van der Waals surface area contributed by atoms with Crippen LogP contribution in [0.25, 0.3) is 22.2 Å². The highest BCUT2D eigenvalue weighted by atomic mass is 16.3. The fourth-order valence-electron chi connectivity index (χ4n) is 3.23. The Kier molecular flexibility index (Phi) is 2.98. The molecular formula is C18H16N2O2. The molecule has 0 unspecified atom stereocenters. The predicted octanol–water partition coefficient (Wildman–Crippen LogP) is 2.65. The van der Waals surface area contributed by atoms with Crippen molar-refractivity contribution in [3.05, 3.63) is 54.6 Å². The Hall–Kier alpha value is -2.59. The minimum Gasteiger partial charge on any atom is -0.395 e. The number of aliphatic hydroxyl groups excluding tert-OH is 1. The highest BCUT2D eigenvalue weighted by Gasteiger charge is 2.26. The summed E-state index contributed by atoms with van der Waals surface area (Å²) in [4.78, 5) is 14.3. The molecule has 0 atom stereocenters. The molecular weight excluding hydrogens is 276 g/mol. The van der Waals surface area contributed by atoms with Crippen LogP contribution in [0.3, 0.4) is 0 Å². The molecule has 3 aromatic rings. The Bertz CT molecular complexity index is 866. The quantitative estimate of drug-likeness (QED) is 0.789. The number of para-hydroxylation sites is 2. The normalized spacial score (nSPS) is 13.9. The van der Waals surface area contributed by atoms with E-state index in [9.17, 15) is 9.90 Å². The lowest BCUT2D eigenvalue weighted by Crippen LogP contribution is -2.35. The third-order valence-corrected chi connectivity index (χ3v) is 4.20. The van der Waals surface area contributed by atoms with E-state index >= 15 is 0 Å². The molecule has 0 bridgehead atoms. The molecule has 0 aliphatic carbocycles. The Morgan fingerprint density at radius 1 is 1.05 bits per heavy atom. The predicted molar refractivity (Wildman–Crippen MR) is 86.8 cm³/mol. The summed E-state index contributed by atoms with van der Waals surface area (Å²) in [5, 5.41) is 10.4. The van der Waals surface area contributed by atoms with Crippen molar-refractivity contribution in [2.75, 3.05) is 18.1 Å². The fraction of sp³-hybridized carbons (Fsp3) is 0.167. The molecule has 2 aromatic carbocycles. The second-order valence-electron chi connectivity index (χ2n) is 5.46. The van der Waals surface area contributed by atoms with Crippen LogP contribution in [0, 0.1) is 0 Å². The molecule has 0 radical (unpaired) electrons. The van der Waals surface area contributed by atoms with Gasteiger partial charge in [-0.25, -0.2) is 0 Å². The topological polar surface area (TPSA) is 45.5 Å². The molecule has 1 aliphatic rings. The summed E-state index contributed by atoms with van der Waals surface area (Å²) in [6.07, 6.45) is 0. The molecule has 4 rings (SSSR count). The van der Waals surface area contributed by atoms with Crippen molar-refractivity contribution in [2.45, 2.75) is 6.54 Å². The summed E-state index contributed by atoms with van der Waals surface area (Å²) < 4.78 is 2.06. The van der Waals surface area contributed by atoms with Gasteiger partial charge < -0.3 is 14.6 Å². The van der Waals surface area contributed by atoms with E-state index < -0.39 is 0 Å². The Morgan fingerprint density at radius 3 is 2.68 bits per heavy atom. The molecule has 1 amide bonds. The average molecular weight is 292 g/mol. The molecule has 0 saturated carbocycles. The van der Waals surface area contributed by atoms with E-state index in [2.05, 4.69) is 16.7 Å². The summed E-state index contributed by atoms with van der Waals surface area (Å²) in [6, 6.07) is 18.1. The Labute approximate surface area is 128 Å². The lowest BCUT2D eigenvalue weighted by atomic mass is 10.1. The van der Waals surface area contributed by atoms with Gasteiger partial charge in [-0.15, -0.1) is 0 Å². The first-order valence-corrected chi connectivity index (χ1v) is 7.38. The third kappa shape index (κ3) is 1.84. The molecule has 1 aliphatic heterocycles. The van der Waals surface area contributed by atoms with Crippen LogP contribution in [-0.4, -0.2) is 28.7 Å². The van der Waals surface area contributed by atoms with Crippen LogP contribution < -0.4 is 4.90 Å². The maximum Gasteiger partial charge on any atom is 0.247 e. The standard InChI is InChI=1S/C18H16N2O2/c21-10-9-19-16-8-4-2-6-14(16)17-11-13-5-1-3-7-15(13)20(17)12-18(19)22/h1-8,11,21H,9-10,12H2. The van der Waals surface area contributed by atoms with E-state index in [1.165, 1.54) is 0 Å². The first-order chi connectivity index (χ1) is 10.8. The van der Waals surface area contributed by atoms with Crippen molar-refractivity contribution < 1.29 is 9.90 Å². The number of benzene rings is 2. The van der Waals surface area contributed by atoms with Crippen molar-refractivity contribution in [3.63, 3.8) is 0 Å². The minimum atomic E-state index is -0.0459.